The van der Waals surface area contributed by atoms with Gasteiger partial charge in [-0.1, -0.05) is 43.3 Å². The summed E-state index contributed by atoms with van der Waals surface area (Å²) < 4.78 is 10.9. The molecule has 1 fully saturated rings. The third-order valence-electron chi connectivity index (χ3n) is 4.62. The fourth-order valence-electron chi connectivity index (χ4n) is 3.00. The summed E-state index contributed by atoms with van der Waals surface area (Å²) in [5.74, 6) is 0.449. The molecule has 6 heteroatoms. The summed E-state index contributed by atoms with van der Waals surface area (Å²) in [6.45, 7) is 1.62. The van der Waals surface area contributed by atoms with Gasteiger partial charge in [-0.15, -0.1) is 0 Å². The topological polar surface area (TPSA) is 99.4 Å². The van der Waals surface area contributed by atoms with Gasteiger partial charge >= 0.3 is 0 Å². The summed E-state index contributed by atoms with van der Waals surface area (Å²) in [6.07, 6.45) is -5.49. The van der Waals surface area contributed by atoms with Gasteiger partial charge in [0.2, 0.25) is 6.29 Å². The molecule has 5 unspecified atom stereocenters. The van der Waals surface area contributed by atoms with Gasteiger partial charge in [-0.2, -0.15) is 0 Å². The Hall–Kier alpha value is -1.96. The normalized spacial score (nSPS) is 28.7. The number of rotatable bonds is 5. The average molecular weight is 360 g/mol. The maximum absolute atomic E-state index is 10.0. The molecule has 0 amide bonds. The van der Waals surface area contributed by atoms with E-state index in [1.807, 2.05) is 24.3 Å². The lowest BCUT2D eigenvalue weighted by Gasteiger charge is -2.39. The van der Waals surface area contributed by atoms with E-state index in [0.717, 1.165) is 17.5 Å². The number of hydrogen-bond acceptors (Lipinski definition) is 6. The highest BCUT2D eigenvalue weighted by Crippen LogP contribution is 2.27. The maximum Gasteiger partial charge on any atom is 0.229 e. The summed E-state index contributed by atoms with van der Waals surface area (Å²) in [7, 11) is 0. The molecule has 140 valence electrons. The van der Waals surface area contributed by atoms with Crippen LogP contribution < -0.4 is 4.74 Å². The molecule has 1 aliphatic heterocycles. The van der Waals surface area contributed by atoms with Crippen LogP contribution in [-0.2, 0) is 11.2 Å². The van der Waals surface area contributed by atoms with Gasteiger partial charge in [0.15, 0.2) is 0 Å². The third kappa shape index (κ3) is 3.90. The molecule has 6 nitrogen and oxygen atoms in total. The van der Waals surface area contributed by atoms with E-state index in [0.29, 0.717) is 5.75 Å². The highest BCUT2D eigenvalue weighted by molar-refractivity contribution is 5.64. The number of aliphatic hydroxyl groups excluding tert-OH is 4. The van der Waals surface area contributed by atoms with Crippen LogP contribution in [0.2, 0.25) is 0 Å². The Labute approximate surface area is 152 Å². The molecule has 26 heavy (non-hydrogen) atoms. The van der Waals surface area contributed by atoms with Gasteiger partial charge in [0, 0.05) is 0 Å². The van der Waals surface area contributed by atoms with Crippen molar-refractivity contribution in [2.75, 3.05) is 6.61 Å². The van der Waals surface area contributed by atoms with Crippen molar-refractivity contribution in [2.45, 2.75) is 44.1 Å². The minimum absolute atomic E-state index is 0.449. The zero-order chi connectivity index (χ0) is 18.7. The highest BCUT2D eigenvalue weighted by Gasteiger charge is 2.44. The smallest absolute Gasteiger partial charge is 0.229 e. The number of aryl methyl sites for hydroxylation is 1. The lowest BCUT2D eigenvalue weighted by Crippen LogP contribution is -2.60. The maximum atomic E-state index is 10.0. The number of ether oxygens (including phenoxy) is 2. The van der Waals surface area contributed by atoms with Crippen molar-refractivity contribution in [2.24, 2.45) is 0 Å². The van der Waals surface area contributed by atoms with Crippen LogP contribution in [0.25, 0.3) is 11.1 Å². The van der Waals surface area contributed by atoms with Crippen LogP contribution in [0.15, 0.2) is 48.5 Å². The van der Waals surface area contributed by atoms with E-state index in [1.54, 1.807) is 12.1 Å². The van der Waals surface area contributed by atoms with Crippen molar-refractivity contribution >= 4 is 0 Å². The van der Waals surface area contributed by atoms with Gasteiger partial charge in [-0.05, 0) is 35.2 Å². The number of aliphatic hydroxyl groups is 4. The standard InChI is InChI=1S/C20H24O6/c1-2-12-4-3-5-14(10-12)13-6-8-15(9-7-13)25-20-19(24)18(23)17(22)16(11-21)26-20/h3-10,16-24H,2,11H2,1H3. The van der Waals surface area contributed by atoms with Crippen LogP contribution in [0.1, 0.15) is 12.5 Å². The van der Waals surface area contributed by atoms with Gasteiger partial charge in [0.1, 0.15) is 30.2 Å². The molecule has 0 saturated carbocycles. The second-order valence-corrected chi connectivity index (χ2v) is 6.39. The Bertz CT molecular complexity index is 714. The second-order valence-electron chi connectivity index (χ2n) is 6.39. The second kappa shape index (κ2) is 8.16. The third-order valence-corrected chi connectivity index (χ3v) is 4.62. The molecule has 0 bridgehead atoms. The van der Waals surface area contributed by atoms with Gasteiger partial charge in [0.05, 0.1) is 6.61 Å². The zero-order valence-corrected chi connectivity index (χ0v) is 14.5. The van der Waals surface area contributed by atoms with Crippen LogP contribution in [0.5, 0.6) is 5.75 Å². The molecule has 0 aromatic heterocycles. The number of hydrogen-bond donors (Lipinski definition) is 4. The molecule has 4 N–H and O–H groups in total. The highest BCUT2D eigenvalue weighted by atomic mass is 16.7. The van der Waals surface area contributed by atoms with E-state index in [9.17, 15) is 20.4 Å². The van der Waals surface area contributed by atoms with Crippen molar-refractivity contribution in [3.8, 4) is 16.9 Å². The lowest BCUT2D eigenvalue weighted by atomic mass is 9.99. The van der Waals surface area contributed by atoms with E-state index in [2.05, 4.69) is 19.1 Å². The fraction of sp³-hybridized carbons (Fsp3) is 0.400. The fourth-order valence-corrected chi connectivity index (χ4v) is 3.00. The van der Waals surface area contributed by atoms with Crippen LogP contribution >= 0.6 is 0 Å². The van der Waals surface area contributed by atoms with Gasteiger partial charge < -0.3 is 29.9 Å². The first-order valence-electron chi connectivity index (χ1n) is 8.70. The van der Waals surface area contributed by atoms with Gasteiger partial charge in [-0.25, -0.2) is 0 Å². The van der Waals surface area contributed by atoms with Crippen molar-refractivity contribution < 1.29 is 29.9 Å². The predicted molar refractivity (Wildman–Crippen MR) is 95.7 cm³/mol. The Balaban J connectivity index is 1.72. The minimum atomic E-state index is -1.46. The molecule has 1 aliphatic rings. The molecule has 0 aliphatic carbocycles. The zero-order valence-electron chi connectivity index (χ0n) is 14.5. The quantitative estimate of drug-likeness (QED) is 0.637. The van der Waals surface area contributed by atoms with Crippen LogP contribution in [0.4, 0.5) is 0 Å². The number of benzene rings is 2. The predicted octanol–water partition coefficient (Wildman–Crippen LogP) is 1.09. The molecule has 5 atom stereocenters. The van der Waals surface area contributed by atoms with Crippen molar-refractivity contribution in [3.05, 3.63) is 54.1 Å². The summed E-state index contributed by atoms with van der Waals surface area (Å²) in [5, 5.41) is 38.9. The Morgan fingerprint density at radius 3 is 2.31 bits per heavy atom. The molecule has 1 saturated heterocycles. The first kappa shape index (κ1) is 18.8. The summed E-state index contributed by atoms with van der Waals surface area (Å²) in [6, 6.07) is 15.6. The Kier molecular flexibility index (Phi) is 5.90. The van der Waals surface area contributed by atoms with Crippen molar-refractivity contribution in [1.82, 2.24) is 0 Å². The monoisotopic (exact) mass is 360 g/mol. The molecule has 3 rings (SSSR count). The molecule has 0 radical (unpaired) electrons. The van der Waals surface area contributed by atoms with Crippen LogP contribution in [0, 0.1) is 0 Å². The molecular weight excluding hydrogens is 336 g/mol. The molecule has 2 aromatic rings. The molecule has 0 spiro atoms. The first-order chi connectivity index (χ1) is 12.5. The van der Waals surface area contributed by atoms with Crippen LogP contribution in [-0.4, -0.2) is 57.7 Å². The SMILES string of the molecule is CCc1cccc(-c2ccc(OC3OC(CO)C(O)C(O)C3O)cc2)c1. The van der Waals surface area contributed by atoms with Gasteiger partial charge in [0.25, 0.3) is 0 Å². The molecular formula is C20H24O6. The van der Waals surface area contributed by atoms with Gasteiger partial charge in [-0.3, -0.25) is 0 Å². The van der Waals surface area contributed by atoms with E-state index in [-0.39, 0.29) is 0 Å². The van der Waals surface area contributed by atoms with E-state index in [4.69, 9.17) is 9.47 Å². The Morgan fingerprint density at radius 1 is 0.923 bits per heavy atom. The summed E-state index contributed by atoms with van der Waals surface area (Å²) >= 11 is 0. The molecule has 2 aromatic carbocycles. The molecule has 1 heterocycles. The van der Waals surface area contributed by atoms with E-state index >= 15 is 0 Å². The Morgan fingerprint density at radius 2 is 1.65 bits per heavy atom. The summed E-state index contributed by atoms with van der Waals surface area (Å²) in [4.78, 5) is 0. The lowest BCUT2D eigenvalue weighted by molar-refractivity contribution is -0.277. The van der Waals surface area contributed by atoms with E-state index in [1.165, 1.54) is 5.56 Å². The average Bonchev–Trinajstić information content (AvgIpc) is 2.69. The van der Waals surface area contributed by atoms with Crippen LogP contribution in [0.3, 0.4) is 0 Å². The summed E-state index contributed by atoms with van der Waals surface area (Å²) in [5.41, 5.74) is 3.38. The van der Waals surface area contributed by atoms with Crippen molar-refractivity contribution in [1.29, 1.82) is 0 Å². The largest absolute Gasteiger partial charge is 0.462 e. The van der Waals surface area contributed by atoms with Crippen molar-refractivity contribution in [3.63, 3.8) is 0 Å². The minimum Gasteiger partial charge on any atom is -0.462 e. The first-order valence-corrected chi connectivity index (χ1v) is 8.70. The van der Waals surface area contributed by atoms with E-state index < -0.39 is 37.3 Å².